The van der Waals surface area contributed by atoms with Gasteiger partial charge in [-0.1, -0.05) is 56.4 Å². The number of hydrogen-bond acceptors (Lipinski definition) is 7. The average molecular weight is 641 g/mol. The van der Waals surface area contributed by atoms with Gasteiger partial charge in [-0.3, -0.25) is 14.4 Å². The molecule has 1 saturated carbocycles. The summed E-state index contributed by atoms with van der Waals surface area (Å²) in [6.45, 7) is 2.66. The first kappa shape index (κ1) is 36.7. The van der Waals surface area contributed by atoms with Gasteiger partial charge in [-0.25, -0.2) is 9.78 Å². The second-order valence-corrected chi connectivity index (χ2v) is 12.4. The van der Waals surface area contributed by atoms with Crippen LogP contribution in [0, 0.1) is 12.8 Å². The number of aliphatic carboxylic acids is 1. The van der Waals surface area contributed by atoms with E-state index in [1.54, 1.807) is 6.20 Å². The van der Waals surface area contributed by atoms with Crippen molar-refractivity contribution in [3.05, 3.63) is 53.6 Å². The Bertz CT molecular complexity index is 1240. The summed E-state index contributed by atoms with van der Waals surface area (Å²) in [5.41, 5.74) is 7.55. The van der Waals surface area contributed by atoms with Gasteiger partial charge >= 0.3 is 5.97 Å². The summed E-state index contributed by atoms with van der Waals surface area (Å²) in [6, 6.07) is 4.38. The first-order valence-corrected chi connectivity index (χ1v) is 16.7. The number of aromatic nitrogens is 2. The van der Waals surface area contributed by atoms with Gasteiger partial charge in [0.25, 0.3) is 0 Å². The van der Waals surface area contributed by atoms with Gasteiger partial charge in [0.2, 0.25) is 17.7 Å². The lowest BCUT2D eigenvalue weighted by molar-refractivity contribution is -0.143. The normalized spacial score (nSPS) is 15.5. The van der Waals surface area contributed by atoms with E-state index in [1.165, 1.54) is 5.56 Å². The lowest BCUT2D eigenvalue weighted by Crippen LogP contribution is -2.56. The highest BCUT2D eigenvalue weighted by molar-refractivity contribution is 5.93. The molecule has 12 nitrogen and oxygen atoms in total. The van der Waals surface area contributed by atoms with Gasteiger partial charge in [-0.2, -0.15) is 0 Å². The summed E-state index contributed by atoms with van der Waals surface area (Å²) >= 11 is 0. The third-order valence-corrected chi connectivity index (χ3v) is 8.75. The monoisotopic (exact) mass is 640 g/mol. The maximum Gasteiger partial charge on any atom is 0.326 e. The number of carbonyl (C=O) groups excluding carboxylic acids is 3. The van der Waals surface area contributed by atoms with Crippen LogP contribution < -0.4 is 21.7 Å². The molecule has 0 unspecified atom stereocenters. The molecule has 1 aromatic carbocycles. The minimum absolute atomic E-state index is 0.0197. The molecule has 1 aliphatic rings. The van der Waals surface area contributed by atoms with Crippen LogP contribution in [0.4, 0.5) is 0 Å². The highest BCUT2D eigenvalue weighted by Crippen LogP contribution is 2.27. The minimum Gasteiger partial charge on any atom is -0.480 e. The van der Waals surface area contributed by atoms with Crippen molar-refractivity contribution in [3.63, 3.8) is 0 Å². The zero-order valence-electron chi connectivity index (χ0n) is 27.1. The molecule has 0 saturated heterocycles. The zero-order valence-corrected chi connectivity index (χ0v) is 27.1. The van der Waals surface area contributed by atoms with Crippen molar-refractivity contribution in [2.24, 2.45) is 11.7 Å². The molecule has 3 rings (SSSR count). The molecule has 3 amide bonds. The standard InChI is InChI=1S/C34H52N6O6/c1-24-36-18-20-40(24)19-8-6-9-25-13-15-27(16-14-25)22-31(42)37-30(23-41)33(44)38-28(12-5-7-17-35)32(43)39-29(34(45)46)21-26-10-3-2-4-11-26/h13-16,18,20,26,28-30,41H,2-12,17,19,21-23,35H2,1H3,(H,37,42)(H,38,44)(H,39,43)(H,45,46)/t28-,29-,30-/m1/s1. The number of benzene rings is 1. The molecule has 0 aliphatic heterocycles. The van der Waals surface area contributed by atoms with Gasteiger partial charge in [0.15, 0.2) is 0 Å². The van der Waals surface area contributed by atoms with Crippen molar-refractivity contribution in [3.8, 4) is 0 Å². The van der Waals surface area contributed by atoms with Crippen molar-refractivity contribution in [1.29, 1.82) is 0 Å². The third-order valence-electron chi connectivity index (χ3n) is 8.75. The van der Waals surface area contributed by atoms with E-state index in [0.29, 0.717) is 25.8 Å². The van der Waals surface area contributed by atoms with Crippen LogP contribution in [0.25, 0.3) is 0 Å². The number of unbranched alkanes of at least 4 members (excludes halogenated alkanes) is 2. The molecule has 254 valence electrons. The third kappa shape index (κ3) is 12.6. The first-order chi connectivity index (χ1) is 22.2. The molecule has 1 fully saturated rings. The van der Waals surface area contributed by atoms with Crippen LogP contribution in [0.15, 0.2) is 36.7 Å². The summed E-state index contributed by atoms with van der Waals surface area (Å²) in [5.74, 6) is -1.64. The van der Waals surface area contributed by atoms with Crippen LogP contribution in [0.3, 0.4) is 0 Å². The van der Waals surface area contributed by atoms with Crippen LogP contribution in [-0.4, -0.2) is 74.7 Å². The molecule has 2 aromatic rings. The van der Waals surface area contributed by atoms with E-state index in [9.17, 15) is 29.4 Å². The fourth-order valence-corrected chi connectivity index (χ4v) is 5.98. The maximum absolute atomic E-state index is 13.2. The van der Waals surface area contributed by atoms with Gasteiger partial charge in [0.05, 0.1) is 13.0 Å². The second-order valence-electron chi connectivity index (χ2n) is 12.4. The molecule has 46 heavy (non-hydrogen) atoms. The number of carboxylic acid groups (broad SMARTS) is 1. The predicted molar refractivity (Wildman–Crippen MR) is 175 cm³/mol. The van der Waals surface area contributed by atoms with Gasteiger partial charge in [-0.05, 0) is 75.5 Å². The lowest BCUT2D eigenvalue weighted by Gasteiger charge is -2.27. The molecule has 1 heterocycles. The quantitative estimate of drug-likeness (QED) is 0.119. The van der Waals surface area contributed by atoms with Gasteiger partial charge < -0.3 is 36.5 Å². The molecule has 1 aliphatic carbocycles. The van der Waals surface area contributed by atoms with Crippen LogP contribution in [-0.2, 0) is 38.6 Å². The number of rotatable bonds is 20. The topological polar surface area (TPSA) is 189 Å². The number of aliphatic hydroxyl groups is 1. The number of aryl methyl sites for hydroxylation is 3. The largest absolute Gasteiger partial charge is 0.480 e. The van der Waals surface area contributed by atoms with Crippen molar-refractivity contribution < 1.29 is 29.4 Å². The minimum atomic E-state index is -1.27. The fourth-order valence-electron chi connectivity index (χ4n) is 5.98. The Labute approximate surface area is 271 Å². The summed E-state index contributed by atoms with van der Waals surface area (Å²) in [4.78, 5) is 55.3. The van der Waals surface area contributed by atoms with Gasteiger partial charge in [0, 0.05) is 18.9 Å². The highest BCUT2D eigenvalue weighted by atomic mass is 16.4. The van der Waals surface area contributed by atoms with Crippen molar-refractivity contribution in [2.75, 3.05) is 13.2 Å². The van der Waals surface area contributed by atoms with E-state index in [4.69, 9.17) is 5.73 Å². The molecular formula is C34H52N6O6. The van der Waals surface area contributed by atoms with Crippen molar-refractivity contribution in [2.45, 2.75) is 115 Å². The molecule has 0 bridgehead atoms. The number of nitrogens with zero attached hydrogens (tertiary/aromatic N) is 2. The van der Waals surface area contributed by atoms with Gasteiger partial charge in [0.1, 0.15) is 23.9 Å². The molecule has 0 spiro atoms. The Balaban J connectivity index is 1.50. The molecule has 7 N–H and O–H groups in total. The van der Waals surface area contributed by atoms with Gasteiger partial charge in [-0.15, -0.1) is 0 Å². The Kier molecular flexibility index (Phi) is 15.7. The van der Waals surface area contributed by atoms with E-state index in [2.05, 4.69) is 25.5 Å². The Morgan fingerprint density at radius 1 is 0.913 bits per heavy atom. The number of nitrogens with one attached hydrogen (secondary N) is 3. The van der Waals surface area contributed by atoms with E-state index in [1.807, 2.05) is 37.4 Å². The molecular weight excluding hydrogens is 588 g/mol. The molecule has 12 heteroatoms. The first-order valence-electron chi connectivity index (χ1n) is 16.7. The highest BCUT2D eigenvalue weighted by Gasteiger charge is 2.31. The molecule has 1 aromatic heterocycles. The smallest absolute Gasteiger partial charge is 0.326 e. The van der Waals surface area contributed by atoms with E-state index >= 15 is 0 Å². The number of amides is 3. The molecule has 3 atom stereocenters. The number of aliphatic hydroxyl groups excluding tert-OH is 1. The summed E-state index contributed by atoms with van der Waals surface area (Å²) in [7, 11) is 0. The van der Waals surface area contributed by atoms with E-state index in [-0.39, 0.29) is 18.8 Å². The van der Waals surface area contributed by atoms with E-state index in [0.717, 1.165) is 69.3 Å². The Morgan fingerprint density at radius 2 is 1.59 bits per heavy atom. The summed E-state index contributed by atoms with van der Waals surface area (Å²) in [6.07, 6.45) is 13.6. The summed E-state index contributed by atoms with van der Waals surface area (Å²) < 4.78 is 2.13. The number of hydrogen-bond donors (Lipinski definition) is 6. The van der Waals surface area contributed by atoms with Crippen molar-refractivity contribution >= 4 is 23.7 Å². The van der Waals surface area contributed by atoms with E-state index < -0.39 is 48.4 Å². The fraction of sp³-hybridized carbons (Fsp3) is 0.618. The average Bonchev–Trinajstić information content (AvgIpc) is 3.46. The van der Waals surface area contributed by atoms with Crippen LogP contribution in [0.5, 0.6) is 0 Å². The lowest BCUT2D eigenvalue weighted by atomic mass is 9.84. The molecule has 0 radical (unpaired) electrons. The predicted octanol–water partition coefficient (Wildman–Crippen LogP) is 2.39. The number of imidazole rings is 1. The Morgan fingerprint density at radius 3 is 2.22 bits per heavy atom. The zero-order chi connectivity index (χ0) is 33.3. The SMILES string of the molecule is Cc1nccn1CCCCc1ccc(CC(=O)N[C@H](CO)C(=O)N[C@H](CCCCN)C(=O)N[C@H](CC2CCCCC2)C(=O)O)cc1. The number of carboxylic acids is 1. The number of carbonyl (C=O) groups is 4. The Hall–Kier alpha value is -3.77. The second kappa shape index (κ2) is 19.7. The number of nitrogens with two attached hydrogens (primary N) is 1. The van der Waals surface area contributed by atoms with Crippen LogP contribution in [0.1, 0.15) is 87.6 Å². The van der Waals surface area contributed by atoms with Crippen LogP contribution >= 0.6 is 0 Å². The summed E-state index contributed by atoms with van der Waals surface area (Å²) in [5, 5.41) is 27.5. The van der Waals surface area contributed by atoms with Crippen molar-refractivity contribution in [1.82, 2.24) is 25.5 Å². The maximum atomic E-state index is 13.2. The van der Waals surface area contributed by atoms with Crippen LogP contribution in [0.2, 0.25) is 0 Å².